The van der Waals surface area contributed by atoms with Crippen molar-refractivity contribution in [2.45, 2.75) is 6.92 Å². The second kappa shape index (κ2) is 5.18. The highest BCUT2D eigenvalue weighted by atomic mass is 35.5. The molecular weight excluding hydrogens is 204 g/mol. The lowest BCUT2D eigenvalue weighted by Gasteiger charge is -2.00. The van der Waals surface area contributed by atoms with Gasteiger partial charge in [-0.15, -0.1) is 0 Å². The Labute approximate surface area is 86.1 Å². The van der Waals surface area contributed by atoms with Crippen LogP contribution in [0.15, 0.2) is 28.6 Å². The fraction of sp³-hybridized carbons (Fsp3) is 0.125. The van der Waals surface area contributed by atoms with Gasteiger partial charge >= 0.3 is 0 Å². The summed E-state index contributed by atoms with van der Waals surface area (Å²) in [4.78, 5) is 3.95. The Morgan fingerprint density at radius 1 is 1.71 bits per heavy atom. The maximum absolute atomic E-state index is 8.21. The molecule has 1 rings (SSSR count). The number of nitrogens with zero attached hydrogens (tertiary/aromatic N) is 3. The lowest BCUT2D eigenvalue weighted by atomic mass is 10.4. The summed E-state index contributed by atoms with van der Waals surface area (Å²) in [6.07, 6.45) is 2.79. The molecule has 0 aliphatic heterocycles. The number of hydrogen-bond donors (Lipinski definition) is 2. The summed E-state index contributed by atoms with van der Waals surface area (Å²) in [5, 5.41) is 15.4. The predicted molar refractivity (Wildman–Crippen MR) is 56.3 cm³/mol. The van der Waals surface area contributed by atoms with Crippen molar-refractivity contribution in [3.63, 3.8) is 0 Å². The fourth-order valence-electron chi connectivity index (χ4n) is 0.722. The summed E-state index contributed by atoms with van der Waals surface area (Å²) in [6.45, 7) is 1.67. The van der Waals surface area contributed by atoms with E-state index >= 15 is 0 Å². The maximum Gasteiger partial charge on any atom is 0.165 e. The minimum absolute atomic E-state index is 0.458. The van der Waals surface area contributed by atoms with Gasteiger partial charge in [-0.25, -0.2) is 4.98 Å². The summed E-state index contributed by atoms with van der Waals surface area (Å²) in [6, 6.07) is 3.42. The van der Waals surface area contributed by atoms with E-state index in [9.17, 15) is 0 Å². The Hall–Kier alpha value is -1.62. The number of rotatable bonds is 3. The van der Waals surface area contributed by atoms with E-state index in [1.807, 2.05) is 0 Å². The van der Waals surface area contributed by atoms with Crippen molar-refractivity contribution >= 4 is 29.3 Å². The molecule has 1 heterocycles. The first-order valence-corrected chi connectivity index (χ1v) is 4.20. The number of anilines is 1. The van der Waals surface area contributed by atoms with E-state index in [0.29, 0.717) is 16.6 Å². The highest BCUT2D eigenvalue weighted by molar-refractivity contribution is 6.33. The quantitative estimate of drug-likeness (QED) is 0.457. The molecule has 0 aliphatic carbocycles. The third kappa shape index (κ3) is 3.02. The molecule has 0 radical (unpaired) electrons. The average Bonchev–Trinajstić information content (AvgIpc) is 2.17. The Morgan fingerprint density at radius 2 is 2.50 bits per heavy atom. The average molecular weight is 213 g/mol. The van der Waals surface area contributed by atoms with Gasteiger partial charge in [0.1, 0.15) is 0 Å². The van der Waals surface area contributed by atoms with Crippen molar-refractivity contribution in [2.24, 2.45) is 10.3 Å². The number of pyridine rings is 1. The molecule has 0 fully saturated rings. The van der Waals surface area contributed by atoms with Crippen molar-refractivity contribution in [1.29, 1.82) is 0 Å². The largest absolute Gasteiger partial charge is 0.411 e. The molecule has 0 bridgehead atoms. The first kappa shape index (κ1) is 10.5. The van der Waals surface area contributed by atoms with Crippen molar-refractivity contribution < 1.29 is 5.21 Å². The Kier molecular flexibility index (Phi) is 3.87. The summed E-state index contributed by atoms with van der Waals surface area (Å²) < 4.78 is 0. The van der Waals surface area contributed by atoms with E-state index in [1.54, 1.807) is 25.3 Å². The molecule has 2 N–H and O–H groups in total. The minimum atomic E-state index is 0.458. The van der Waals surface area contributed by atoms with E-state index in [0.717, 1.165) is 0 Å². The smallest absolute Gasteiger partial charge is 0.165 e. The van der Waals surface area contributed by atoms with Gasteiger partial charge in [0.15, 0.2) is 5.82 Å². The normalized spacial score (nSPS) is 12.0. The zero-order valence-corrected chi connectivity index (χ0v) is 8.23. The van der Waals surface area contributed by atoms with Gasteiger partial charge in [0.25, 0.3) is 0 Å². The lowest BCUT2D eigenvalue weighted by Crippen LogP contribution is -2.00. The molecule has 1 aromatic rings. The molecule has 0 saturated carbocycles. The molecule has 5 nitrogen and oxygen atoms in total. The van der Waals surface area contributed by atoms with Crippen LogP contribution < -0.4 is 5.43 Å². The number of halogens is 1. The van der Waals surface area contributed by atoms with E-state index in [-0.39, 0.29) is 0 Å². The second-order valence-corrected chi connectivity index (χ2v) is 2.85. The minimum Gasteiger partial charge on any atom is -0.411 e. The van der Waals surface area contributed by atoms with Crippen LogP contribution in [0.1, 0.15) is 6.92 Å². The number of hydrazone groups is 1. The summed E-state index contributed by atoms with van der Waals surface area (Å²) >= 11 is 5.81. The molecule has 6 heteroatoms. The van der Waals surface area contributed by atoms with Gasteiger partial charge in [0, 0.05) is 6.20 Å². The number of aromatic nitrogens is 1. The van der Waals surface area contributed by atoms with Crippen LogP contribution in [-0.2, 0) is 0 Å². The van der Waals surface area contributed by atoms with E-state index in [1.165, 1.54) is 6.21 Å². The summed E-state index contributed by atoms with van der Waals surface area (Å²) in [5.74, 6) is 0.458. The Balaban J connectivity index is 2.71. The zero-order chi connectivity index (χ0) is 10.4. The molecule has 0 spiro atoms. The first-order valence-electron chi connectivity index (χ1n) is 3.82. The van der Waals surface area contributed by atoms with Gasteiger partial charge < -0.3 is 5.21 Å². The zero-order valence-electron chi connectivity index (χ0n) is 7.48. The van der Waals surface area contributed by atoms with Gasteiger partial charge in [0.2, 0.25) is 0 Å². The van der Waals surface area contributed by atoms with Gasteiger partial charge in [0.05, 0.1) is 16.9 Å². The molecular formula is C8H9ClN4O. The second-order valence-electron chi connectivity index (χ2n) is 2.44. The standard InChI is InChI=1S/C8H9ClN4O/c1-6(5-11-14)12-13-8-7(9)3-2-4-10-8/h2-5,14H,1H3,(H,10,13)/b11-5+,12-6+. The van der Waals surface area contributed by atoms with Crippen molar-refractivity contribution in [1.82, 2.24) is 4.98 Å². The van der Waals surface area contributed by atoms with Crippen LogP contribution >= 0.6 is 11.6 Å². The third-order valence-corrected chi connectivity index (χ3v) is 1.65. The predicted octanol–water partition coefficient (Wildman–Crippen LogP) is 1.98. The van der Waals surface area contributed by atoms with Crippen molar-refractivity contribution in [3.8, 4) is 0 Å². The maximum atomic E-state index is 8.21. The van der Waals surface area contributed by atoms with Crippen LogP contribution in [0.4, 0.5) is 5.82 Å². The highest BCUT2D eigenvalue weighted by Crippen LogP contribution is 2.16. The number of hydrogen-bond acceptors (Lipinski definition) is 5. The van der Waals surface area contributed by atoms with Crippen LogP contribution in [0.2, 0.25) is 5.02 Å². The van der Waals surface area contributed by atoms with Crippen LogP contribution in [0.3, 0.4) is 0 Å². The van der Waals surface area contributed by atoms with Crippen LogP contribution in [0.25, 0.3) is 0 Å². The lowest BCUT2D eigenvalue weighted by molar-refractivity contribution is 0.322. The van der Waals surface area contributed by atoms with Gasteiger partial charge in [-0.05, 0) is 19.1 Å². The molecule has 0 aliphatic rings. The van der Waals surface area contributed by atoms with Gasteiger partial charge in [-0.1, -0.05) is 16.8 Å². The third-order valence-electron chi connectivity index (χ3n) is 1.34. The summed E-state index contributed by atoms with van der Waals surface area (Å²) in [7, 11) is 0. The SMILES string of the molecule is CC(/C=N/O)=N\Nc1ncccc1Cl. The molecule has 0 unspecified atom stereocenters. The van der Waals surface area contributed by atoms with Gasteiger partial charge in [-0.2, -0.15) is 5.10 Å². The monoisotopic (exact) mass is 212 g/mol. The van der Waals surface area contributed by atoms with Crippen LogP contribution in [-0.4, -0.2) is 22.1 Å². The van der Waals surface area contributed by atoms with Crippen LogP contribution in [0.5, 0.6) is 0 Å². The molecule has 14 heavy (non-hydrogen) atoms. The van der Waals surface area contributed by atoms with E-state index in [4.69, 9.17) is 16.8 Å². The van der Waals surface area contributed by atoms with E-state index in [2.05, 4.69) is 20.7 Å². The van der Waals surface area contributed by atoms with Crippen molar-refractivity contribution in [3.05, 3.63) is 23.4 Å². The number of oxime groups is 1. The molecule has 1 aromatic heterocycles. The van der Waals surface area contributed by atoms with E-state index < -0.39 is 0 Å². The van der Waals surface area contributed by atoms with Crippen molar-refractivity contribution in [2.75, 3.05) is 5.43 Å². The highest BCUT2D eigenvalue weighted by Gasteiger charge is 1.97. The first-order chi connectivity index (χ1) is 6.74. The fourth-order valence-corrected chi connectivity index (χ4v) is 0.885. The topological polar surface area (TPSA) is 69.9 Å². The molecule has 0 amide bonds. The Bertz CT molecular complexity index is 364. The number of nitrogens with one attached hydrogen (secondary N) is 1. The molecule has 0 aromatic carbocycles. The summed E-state index contributed by atoms with van der Waals surface area (Å²) in [5.41, 5.74) is 3.15. The molecule has 0 atom stereocenters. The Morgan fingerprint density at radius 3 is 3.14 bits per heavy atom. The van der Waals surface area contributed by atoms with Gasteiger partial charge in [-0.3, -0.25) is 5.43 Å². The van der Waals surface area contributed by atoms with Crippen LogP contribution in [0, 0.1) is 0 Å². The molecule has 0 saturated heterocycles. The molecule has 74 valence electrons.